The minimum Gasteiger partial charge on any atom is -0.465 e. The Kier molecular flexibility index (Phi) is 6.34. The maximum atomic E-state index is 12.4. The molecule has 5 aromatic rings. The summed E-state index contributed by atoms with van der Waals surface area (Å²) in [6, 6.07) is 26.8. The number of nitrogens with zero attached hydrogens (tertiary/aromatic N) is 4. The molecule has 0 bridgehead atoms. The molecule has 1 saturated carbocycles. The number of hydrogen-bond acceptors (Lipinski definition) is 4. The number of aromatic nitrogens is 3. The van der Waals surface area contributed by atoms with Crippen LogP contribution in [0.2, 0.25) is 0 Å². The van der Waals surface area contributed by atoms with Crippen LogP contribution in [-0.2, 0) is 5.54 Å². The third-order valence-corrected chi connectivity index (χ3v) is 7.91. The summed E-state index contributed by atoms with van der Waals surface area (Å²) in [4.78, 5) is 28.1. The second kappa shape index (κ2) is 9.87. The number of benzene rings is 2. The van der Waals surface area contributed by atoms with Gasteiger partial charge in [0.05, 0.1) is 28.6 Å². The van der Waals surface area contributed by atoms with Gasteiger partial charge in [0.1, 0.15) is 0 Å². The first-order valence-electron chi connectivity index (χ1n) is 13.7. The minimum absolute atomic E-state index is 0.506. The Balaban J connectivity index is 1.46. The molecule has 1 N–H and O–H groups in total. The molecule has 6 rings (SSSR count). The number of pyridine rings is 3. The Morgan fingerprint density at radius 1 is 0.875 bits per heavy atom. The molecule has 3 aromatic heterocycles. The van der Waals surface area contributed by atoms with Crippen LogP contribution in [-0.4, -0.2) is 36.6 Å². The van der Waals surface area contributed by atoms with Crippen LogP contribution in [0.15, 0.2) is 97.5 Å². The number of hydrogen-bond donors (Lipinski definition) is 1. The molecule has 200 valence electrons. The Hall–Kier alpha value is -4.58. The molecule has 1 aliphatic rings. The van der Waals surface area contributed by atoms with Crippen molar-refractivity contribution < 1.29 is 9.90 Å². The number of fused-ring (bicyclic) bond motifs is 1. The van der Waals surface area contributed by atoms with Gasteiger partial charge in [0.25, 0.3) is 0 Å². The van der Waals surface area contributed by atoms with Crippen LogP contribution in [0.1, 0.15) is 45.6 Å². The van der Waals surface area contributed by atoms with Crippen molar-refractivity contribution in [2.24, 2.45) is 0 Å². The highest BCUT2D eigenvalue weighted by atomic mass is 16.4. The number of carbonyl (C=O) groups is 1. The average Bonchev–Trinajstić information content (AvgIpc) is 2.94. The molecule has 6 nitrogen and oxygen atoms in total. The van der Waals surface area contributed by atoms with E-state index in [-0.39, 0.29) is 0 Å². The van der Waals surface area contributed by atoms with Crippen molar-refractivity contribution in [2.45, 2.75) is 51.1 Å². The standard InChI is InChI=1S/C34H32N4O2/c1-33(2,3)38(32(39)40)34(16-8-17-34)27-14-12-24(13-15-27)31-28(23-9-5-4-6-10-23)19-26-20-29(36-22-30(26)37-31)25-11-7-18-35-21-25/h4-7,9-15,18-22H,8,16-17H2,1-3H3,(H,39,40). The molecule has 0 spiro atoms. The van der Waals surface area contributed by atoms with Gasteiger partial charge in [0.15, 0.2) is 0 Å². The fourth-order valence-corrected chi connectivity index (χ4v) is 6.01. The zero-order chi connectivity index (χ0) is 27.9. The number of amides is 1. The second-order valence-corrected chi connectivity index (χ2v) is 11.5. The molecule has 3 heterocycles. The fraction of sp³-hybridized carbons (Fsp3) is 0.235. The van der Waals surface area contributed by atoms with Gasteiger partial charge in [0, 0.05) is 40.0 Å². The second-order valence-electron chi connectivity index (χ2n) is 11.5. The molecular weight excluding hydrogens is 496 g/mol. The average molecular weight is 529 g/mol. The highest BCUT2D eigenvalue weighted by Gasteiger charge is 2.50. The predicted octanol–water partition coefficient (Wildman–Crippen LogP) is 8.18. The van der Waals surface area contributed by atoms with Crippen LogP contribution in [0.4, 0.5) is 4.79 Å². The molecule has 0 radical (unpaired) electrons. The van der Waals surface area contributed by atoms with Crippen molar-refractivity contribution in [3.63, 3.8) is 0 Å². The molecule has 6 heteroatoms. The molecule has 1 amide bonds. The lowest BCUT2D eigenvalue weighted by Gasteiger charge is -2.54. The first kappa shape index (κ1) is 25.7. The Labute approximate surface area is 234 Å². The van der Waals surface area contributed by atoms with Crippen molar-refractivity contribution >= 4 is 17.0 Å². The van der Waals surface area contributed by atoms with Gasteiger partial charge in [-0.05, 0) is 75.4 Å². The van der Waals surface area contributed by atoms with Gasteiger partial charge in [-0.15, -0.1) is 0 Å². The molecular formula is C34H32N4O2. The van der Waals surface area contributed by atoms with E-state index in [9.17, 15) is 9.90 Å². The van der Waals surface area contributed by atoms with Crippen molar-refractivity contribution in [3.05, 3.63) is 103 Å². The summed E-state index contributed by atoms with van der Waals surface area (Å²) in [5.74, 6) is 0. The van der Waals surface area contributed by atoms with E-state index in [2.05, 4.69) is 58.5 Å². The summed E-state index contributed by atoms with van der Waals surface area (Å²) in [6.45, 7) is 5.90. The van der Waals surface area contributed by atoms with E-state index in [1.807, 2.05) is 63.5 Å². The van der Waals surface area contributed by atoms with Crippen LogP contribution >= 0.6 is 0 Å². The lowest BCUT2D eigenvalue weighted by molar-refractivity contribution is -0.0328. The van der Waals surface area contributed by atoms with Crippen molar-refractivity contribution in [3.8, 4) is 33.6 Å². The molecule has 1 fully saturated rings. The van der Waals surface area contributed by atoms with Gasteiger partial charge in [-0.2, -0.15) is 0 Å². The SMILES string of the molecule is CC(C)(C)N(C(=O)O)C1(c2ccc(-c3nc4cnc(-c5cccnc5)cc4cc3-c3ccccc3)cc2)CCC1. The van der Waals surface area contributed by atoms with Gasteiger partial charge in [0.2, 0.25) is 0 Å². The lowest BCUT2D eigenvalue weighted by atomic mass is 9.69. The van der Waals surface area contributed by atoms with E-state index >= 15 is 0 Å². The zero-order valence-corrected chi connectivity index (χ0v) is 23.0. The first-order chi connectivity index (χ1) is 19.3. The van der Waals surface area contributed by atoms with Gasteiger partial charge in [-0.1, -0.05) is 54.6 Å². The van der Waals surface area contributed by atoms with Gasteiger partial charge in [-0.3, -0.25) is 14.9 Å². The Morgan fingerprint density at radius 3 is 2.20 bits per heavy atom. The Bertz CT molecular complexity index is 1670. The molecule has 40 heavy (non-hydrogen) atoms. The molecule has 2 aromatic carbocycles. The number of rotatable bonds is 5. The molecule has 0 aliphatic heterocycles. The summed E-state index contributed by atoms with van der Waals surface area (Å²) in [5, 5.41) is 11.2. The normalized spacial score (nSPS) is 14.5. The zero-order valence-electron chi connectivity index (χ0n) is 23.0. The first-order valence-corrected chi connectivity index (χ1v) is 13.7. The van der Waals surface area contributed by atoms with Crippen molar-refractivity contribution in [1.82, 2.24) is 19.9 Å². The summed E-state index contributed by atoms with van der Waals surface area (Å²) in [6.07, 6.45) is 7.18. The summed E-state index contributed by atoms with van der Waals surface area (Å²) >= 11 is 0. The maximum absolute atomic E-state index is 12.4. The van der Waals surface area contributed by atoms with Crippen molar-refractivity contribution in [2.75, 3.05) is 0 Å². The van der Waals surface area contributed by atoms with Gasteiger partial charge < -0.3 is 5.11 Å². The predicted molar refractivity (Wildman–Crippen MR) is 159 cm³/mol. The molecule has 0 saturated heterocycles. The monoisotopic (exact) mass is 528 g/mol. The van der Waals surface area contributed by atoms with E-state index in [4.69, 9.17) is 4.98 Å². The maximum Gasteiger partial charge on any atom is 0.408 e. The molecule has 1 aliphatic carbocycles. The van der Waals surface area contributed by atoms with E-state index in [1.54, 1.807) is 11.1 Å². The number of carboxylic acid groups (broad SMARTS) is 1. The third-order valence-electron chi connectivity index (χ3n) is 7.91. The van der Waals surface area contributed by atoms with E-state index < -0.39 is 17.2 Å². The van der Waals surface area contributed by atoms with Crippen LogP contribution in [0.25, 0.3) is 44.5 Å². The fourth-order valence-electron chi connectivity index (χ4n) is 6.01. The van der Waals surface area contributed by atoms with Gasteiger partial charge >= 0.3 is 6.09 Å². The lowest BCUT2D eigenvalue weighted by Crippen LogP contribution is -2.60. The summed E-state index contributed by atoms with van der Waals surface area (Å²) in [5.41, 5.74) is 6.60. The van der Waals surface area contributed by atoms with E-state index in [1.165, 1.54) is 0 Å². The Morgan fingerprint density at radius 2 is 1.60 bits per heavy atom. The van der Waals surface area contributed by atoms with E-state index in [0.29, 0.717) is 0 Å². The molecule has 0 unspecified atom stereocenters. The van der Waals surface area contributed by atoms with Crippen LogP contribution in [0, 0.1) is 0 Å². The van der Waals surface area contributed by atoms with Gasteiger partial charge in [-0.25, -0.2) is 9.78 Å². The summed E-state index contributed by atoms with van der Waals surface area (Å²) < 4.78 is 0. The van der Waals surface area contributed by atoms with Crippen LogP contribution in [0.3, 0.4) is 0 Å². The largest absolute Gasteiger partial charge is 0.465 e. The van der Waals surface area contributed by atoms with Crippen LogP contribution in [0.5, 0.6) is 0 Å². The summed E-state index contributed by atoms with van der Waals surface area (Å²) in [7, 11) is 0. The van der Waals surface area contributed by atoms with Crippen molar-refractivity contribution in [1.29, 1.82) is 0 Å². The van der Waals surface area contributed by atoms with Crippen LogP contribution < -0.4 is 0 Å². The van der Waals surface area contributed by atoms with E-state index in [0.717, 1.165) is 69.4 Å². The smallest absolute Gasteiger partial charge is 0.408 e. The molecule has 0 atom stereocenters. The quantitative estimate of drug-likeness (QED) is 0.249. The highest BCUT2D eigenvalue weighted by molar-refractivity contribution is 5.92. The third kappa shape index (κ3) is 4.49. The minimum atomic E-state index is -0.878. The topological polar surface area (TPSA) is 79.2 Å². The highest BCUT2D eigenvalue weighted by Crippen LogP contribution is 2.49.